The van der Waals surface area contributed by atoms with E-state index >= 15 is 0 Å². The summed E-state index contributed by atoms with van der Waals surface area (Å²) in [5.41, 5.74) is 0.423. The fourth-order valence-corrected chi connectivity index (χ4v) is 1.79. The molecule has 0 fully saturated rings. The molecule has 0 saturated carbocycles. The van der Waals surface area contributed by atoms with Crippen LogP contribution in [-0.2, 0) is 22.6 Å². The van der Waals surface area contributed by atoms with Crippen LogP contribution in [0.5, 0.6) is 0 Å². The Hall–Kier alpha value is -2.77. The Morgan fingerprint density at radius 3 is 2.77 bits per heavy atom. The van der Waals surface area contributed by atoms with Crippen LogP contribution in [0.25, 0.3) is 0 Å². The van der Waals surface area contributed by atoms with Gasteiger partial charge in [0, 0.05) is 19.2 Å². The Morgan fingerprint density at radius 2 is 2.09 bits per heavy atom. The lowest BCUT2D eigenvalue weighted by Crippen LogP contribution is -2.30. The maximum Gasteiger partial charge on any atom is 0.377 e. The van der Waals surface area contributed by atoms with Crippen molar-refractivity contribution in [1.82, 2.24) is 19.7 Å². The zero-order chi connectivity index (χ0) is 16.1. The van der Waals surface area contributed by atoms with Crippen LogP contribution in [0.4, 0.5) is 4.39 Å². The maximum atomic E-state index is 13.6. The molecule has 2 rings (SSSR count). The third-order valence-corrected chi connectivity index (χ3v) is 2.99. The van der Waals surface area contributed by atoms with Gasteiger partial charge in [0.15, 0.2) is 0 Å². The highest BCUT2D eigenvalue weighted by molar-refractivity contribution is 5.84. The van der Waals surface area contributed by atoms with Gasteiger partial charge in [-0.25, -0.2) is 18.9 Å². The summed E-state index contributed by atoms with van der Waals surface area (Å²) in [6, 6.07) is 6.25. The third kappa shape index (κ3) is 3.66. The van der Waals surface area contributed by atoms with Crippen molar-refractivity contribution in [3.8, 4) is 0 Å². The van der Waals surface area contributed by atoms with Crippen LogP contribution < -0.4 is 0 Å². The van der Waals surface area contributed by atoms with Crippen LogP contribution >= 0.6 is 0 Å². The summed E-state index contributed by atoms with van der Waals surface area (Å²) in [6.45, 7) is 0.0407. The number of halogens is 1. The fraction of sp³-hybridized carbons (Fsp3) is 0.286. The summed E-state index contributed by atoms with van der Waals surface area (Å²) in [7, 11) is 2.78. The summed E-state index contributed by atoms with van der Waals surface area (Å²) in [5.74, 6) is -1.45. The predicted octanol–water partition coefficient (Wildman–Crippen LogP) is 0.862. The molecule has 0 aliphatic carbocycles. The number of aromatic nitrogens is 3. The van der Waals surface area contributed by atoms with Gasteiger partial charge in [-0.05, 0) is 6.07 Å². The number of hydrogen-bond acceptors (Lipinski definition) is 5. The van der Waals surface area contributed by atoms with E-state index in [1.54, 1.807) is 25.2 Å². The first kappa shape index (κ1) is 15.6. The van der Waals surface area contributed by atoms with Crippen molar-refractivity contribution in [2.45, 2.75) is 13.1 Å². The first-order valence-corrected chi connectivity index (χ1v) is 6.46. The number of methoxy groups -OCH3 is 1. The Morgan fingerprint density at radius 1 is 1.36 bits per heavy atom. The van der Waals surface area contributed by atoms with Crippen molar-refractivity contribution in [2.24, 2.45) is 0 Å². The van der Waals surface area contributed by atoms with Crippen molar-refractivity contribution in [3.63, 3.8) is 0 Å². The summed E-state index contributed by atoms with van der Waals surface area (Å²) in [4.78, 5) is 28.4. The monoisotopic (exact) mass is 306 g/mol. The smallest absolute Gasteiger partial charge is 0.377 e. The molecule has 1 amide bonds. The minimum absolute atomic E-state index is 0.102. The van der Waals surface area contributed by atoms with E-state index in [0.717, 1.165) is 0 Å². The molecule has 116 valence electrons. The van der Waals surface area contributed by atoms with E-state index in [1.165, 1.54) is 29.1 Å². The Bertz CT molecular complexity index is 686. The molecule has 0 atom stereocenters. The highest BCUT2D eigenvalue weighted by Crippen LogP contribution is 2.09. The van der Waals surface area contributed by atoms with Crippen LogP contribution in [0.1, 0.15) is 16.2 Å². The second-order valence-electron chi connectivity index (χ2n) is 4.60. The summed E-state index contributed by atoms with van der Waals surface area (Å²) < 4.78 is 19.3. The van der Waals surface area contributed by atoms with Gasteiger partial charge < -0.3 is 9.64 Å². The van der Waals surface area contributed by atoms with Crippen molar-refractivity contribution in [2.75, 3.05) is 14.2 Å². The fourth-order valence-electron chi connectivity index (χ4n) is 1.79. The zero-order valence-corrected chi connectivity index (χ0v) is 12.2. The lowest BCUT2D eigenvalue weighted by molar-refractivity contribution is -0.131. The van der Waals surface area contributed by atoms with Crippen LogP contribution in [-0.4, -0.2) is 45.7 Å². The second kappa shape index (κ2) is 6.79. The molecule has 0 saturated heterocycles. The number of likely N-dealkylation sites (N-methyl/N-ethyl adjacent to an activating group) is 1. The van der Waals surface area contributed by atoms with Crippen LogP contribution in [0.2, 0.25) is 0 Å². The molecule has 0 bridgehead atoms. The molecule has 22 heavy (non-hydrogen) atoms. The van der Waals surface area contributed by atoms with E-state index in [4.69, 9.17) is 0 Å². The van der Waals surface area contributed by atoms with E-state index < -0.39 is 5.97 Å². The van der Waals surface area contributed by atoms with E-state index in [1.807, 2.05) is 0 Å². The topological polar surface area (TPSA) is 77.3 Å². The van der Waals surface area contributed by atoms with Gasteiger partial charge in [-0.1, -0.05) is 18.2 Å². The molecule has 1 aromatic heterocycles. The average molecular weight is 306 g/mol. The van der Waals surface area contributed by atoms with Crippen molar-refractivity contribution in [1.29, 1.82) is 0 Å². The van der Waals surface area contributed by atoms with Gasteiger partial charge in [-0.15, -0.1) is 5.10 Å². The van der Waals surface area contributed by atoms with Crippen LogP contribution in [0, 0.1) is 5.82 Å². The number of hydrogen-bond donors (Lipinski definition) is 0. The van der Waals surface area contributed by atoms with Gasteiger partial charge in [-0.2, -0.15) is 0 Å². The largest absolute Gasteiger partial charge is 0.463 e. The average Bonchev–Trinajstić information content (AvgIpc) is 2.97. The van der Waals surface area contributed by atoms with Gasteiger partial charge in [0.05, 0.1) is 7.11 Å². The first-order chi connectivity index (χ1) is 10.5. The van der Waals surface area contributed by atoms with E-state index in [-0.39, 0.29) is 30.6 Å². The second-order valence-corrected chi connectivity index (χ2v) is 4.60. The van der Waals surface area contributed by atoms with Crippen molar-refractivity contribution < 1.29 is 18.7 Å². The molecular weight excluding hydrogens is 291 g/mol. The molecule has 0 aliphatic heterocycles. The third-order valence-electron chi connectivity index (χ3n) is 2.99. The molecule has 1 heterocycles. The zero-order valence-electron chi connectivity index (χ0n) is 12.2. The molecule has 0 radical (unpaired) electrons. The Balaban J connectivity index is 1.98. The minimum atomic E-state index is -0.675. The lowest BCUT2D eigenvalue weighted by atomic mass is 10.2. The van der Waals surface area contributed by atoms with Crippen molar-refractivity contribution >= 4 is 11.9 Å². The van der Waals surface area contributed by atoms with Crippen molar-refractivity contribution in [3.05, 3.63) is 47.8 Å². The number of carbonyl (C=O) groups excluding carboxylic acids is 2. The summed E-state index contributed by atoms with van der Waals surface area (Å²) >= 11 is 0. The van der Waals surface area contributed by atoms with Gasteiger partial charge in [-0.3, -0.25) is 4.79 Å². The molecule has 1 aromatic carbocycles. The van der Waals surface area contributed by atoms with Crippen LogP contribution in [0.15, 0.2) is 30.6 Å². The quantitative estimate of drug-likeness (QED) is 0.766. The van der Waals surface area contributed by atoms with Gasteiger partial charge in [0.1, 0.15) is 18.7 Å². The van der Waals surface area contributed by atoms with Crippen LogP contribution in [0.3, 0.4) is 0 Å². The lowest BCUT2D eigenvalue weighted by Gasteiger charge is -2.17. The standard InChI is InChI=1S/C14H15FN4O3/c1-18(7-10-5-3-4-6-11(10)15)12(20)8-19-9-16-13(17-19)14(21)22-2/h3-6,9H,7-8H2,1-2H3. The number of esters is 1. The number of benzene rings is 1. The number of rotatable bonds is 5. The molecule has 0 unspecified atom stereocenters. The minimum Gasteiger partial charge on any atom is -0.463 e. The van der Waals surface area contributed by atoms with E-state index in [0.29, 0.717) is 5.56 Å². The van der Waals surface area contributed by atoms with E-state index in [2.05, 4.69) is 14.8 Å². The SMILES string of the molecule is COC(=O)c1ncn(CC(=O)N(C)Cc2ccccc2F)n1. The number of nitrogens with zero attached hydrogens (tertiary/aromatic N) is 4. The molecule has 8 heteroatoms. The summed E-state index contributed by atoms with van der Waals surface area (Å²) in [6.07, 6.45) is 1.26. The maximum absolute atomic E-state index is 13.6. The molecular formula is C14H15FN4O3. The molecule has 7 nitrogen and oxygen atoms in total. The highest BCUT2D eigenvalue weighted by atomic mass is 19.1. The number of amides is 1. The molecule has 0 aliphatic rings. The molecule has 0 N–H and O–H groups in total. The Kier molecular flexibility index (Phi) is 4.82. The molecule has 0 spiro atoms. The number of ether oxygens (including phenoxy) is 1. The molecule has 2 aromatic rings. The Labute approximate surface area is 126 Å². The van der Waals surface area contributed by atoms with E-state index in [9.17, 15) is 14.0 Å². The van der Waals surface area contributed by atoms with Gasteiger partial charge in [0.25, 0.3) is 5.82 Å². The first-order valence-electron chi connectivity index (χ1n) is 6.46. The van der Waals surface area contributed by atoms with Gasteiger partial charge in [0.2, 0.25) is 5.91 Å². The summed E-state index contributed by atoms with van der Waals surface area (Å²) in [5, 5.41) is 3.84. The predicted molar refractivity (Wildman–Crippen MR) is 74.2 cm³/mol. The number of carbonyl (C=O) groups is 2. The normalized spacial score (nSPS) is 10.3. The van der Waals surface area contributed by atoms with Gasteiger partial charge >= 0.3 is 5.97 Å². The highest BCUT2D eigenvalue weighted by Gasteiger charge is 2.15.